The van der Waals surface area contributed by atoms with E-state index in [0.29, 0.717) is 12.8 Å². The third kappa shape index (κ3) is 7.41. The molecule has 0 aliphatic heterocycles. The number of hydrogen-bond acceptors (Lipinski definition) is 4. The molecule has 8 heteroatoms. The Hall–Kier alpha value is -2.12. The van der Waals surface area contributed by atoms with Gasteiger partial charge < -0.3 is 15.7 Å². The first-order valence-corrected chi connectivity index (χ1v) is 8.38. The first kappa shape index (κ1) is 23.9. The monoisotopic (exact) mass is 385 g/mol. The number of para-hydroxylation sites is 1. The Kier molecular flexibility index (Phi) is 10.6. The van der Waals surface area contributed by atoms with Gasteiger partial charge in [0.25, 0.3) is 0 Å². The Morgan fingerprint density at radius 2 is 1.73 bits per heavy atom. The Morgan fingerprint density at radius 3 is 2.23 bits per heavy atom. The van der Waals surface area contributed by atoms with Gasteiger partial charge in [-0.05, 0) is 38.3 Å². The van der Waals surface area contributed by atoms with Crippen LogP contribution in [0.15, 0.2) is 18.2 Å². The fourth-order valence-electron chi connectivity index (χ4n) is 2.46. The van der Waals surface area contributed by atoms with Crippen molar-refractivity contribution in [2.75, 3.05) is 11.9 Å². The highest BCUT2D eigenvalue weighted by Crippen LogP contribution is 2.18. The van der Waals surface area contributed by atoms with Crippen molar-refractivity contribution >= 4 is 35.9 Å². The molecular weight excluding hydrogens is 358 g/mol. The van der Waals surface area contributed by atoms with Crippen molar-refractivity contribution in [2.24, 2.45) is 0 Å². The van der Waals surface area contributed by atoms with Crippen molar-refractivity contribution in [3.63, 3.8) is 0 Å². The maximum absolute atomic E-state index is 12.0. The van der Waals surface area contributed by atoms with Gasteiger partial charge in [-0.25, -0.2) is 0 Å². The minimum absolute atomic E-state index is 0. The van der Waals surface area contributed by atoms with E-state index in [9.17, 15) is 14.4 Å². The summed E-state index contributed by atoms with van der Waals surface area (Å²) in [6, 6.07) is 4.21. The predicted molar refractivity (Wildman–Crippen MR) is 104 cm³/mol. The summed E-state index contributed by atoms with van der Waals surface area (Å²) < 4.78 is 0. The quantitative estimate of drug-likeness (QED) is 0.520. The molecule has 0 aliphatic carbocycles. The van der Waals surface area contributed by atoms with Crippen molar-refractivity contribution in [1.29, 1.82) is 0 Å². The van der Waals surface area contributed by atoms with Gasteiger partial charge in [0, 0.05) is 5.69 Å². The van der Waals surface area contributed by atoms with Crippen LogP contribution in [0.5, 0.6) is 0 Å². The lowest BCUT2D eigenvalue weighted by atomic mass is 10.1. The Morgan fingerprint density at radius 1 is 1.15 bits per heavy atom. The summed E-state index contributed by atoms with van der Waals surface area (Å²) in [4.78, 5) is 35.2. The topological polar surface area (TPSA) is 108 Å². The number of amides is 2. The summed E-state index contributed by atoms with van der Waals surface area (Å²) in [6.07, 6.45) is 1.12. The van der Waals surface area contributed by atoms with Gasteiger partial charge in [-0.2, -0.15) is 0 Å². The normalized spacial score (nSPS) is 12.5. The Bertz CT molecular complexity index is 617. The zero-order valence-corrected chi connectivity index (χ0v) is 16.4. The number of carboxylic acids is 1. The van der Waals surface area contributed by atoms with E-state index in [2.05, 4.69) is 16.0 Å². The number of carbonyl (C=O) groups excluding carboxylic acids is 2. The van der Waals surface area contributed by atoms with Crippen LogP contribution < -0.4 is 16.0 Å². The van der Waals surface area contributed by atoms with Gasteiger partial charge >= 0.3 is 5.97 Å². The highest BCUT2D eigenvalue weighted by atomic mass is 35.5. The van der Waals surface area contributed by atoms with Gasteiger partial charge in [0.15, 0.2) is 0 Å². The molecule has 0 aromatic heterocycles. The number of aliphatic carboxylic acids is 1. The smallest absolute Gasteiger partial charge is 0.320 e. The standard InChI is InChI=1S/C18H27N3O4.ClH/c1-5-7-14(18(24)25)20-13(4)17(23)19-10-15(22)21-16-11(2)8-6-9-12(16)3;/h6,8-9,13-14,20H,5,7,10H2,1-4H3,(H,19,23)(H,21,22)(H,24,25);1H. The van der Waals surface area contributed by atoms with Crippen molar-refractivity contribution in [2.45, 2.75) is 52.6 Å². The van der Waals surface area contributed by atoms with Gasteiger partial charge in [0.1, 0.15) is 6.04 Å². The van der Waals surface area contributed by atoms with E-state index < -0.39 is 24.0 Å². The van der Waals surface area contributed by atoms with Crippen LogP contribution in [0.3, 0.4) is 0 Å². The molecule has 0 fully saturated rings. The van der Waals surface area contributed by atoms with Gasteiger partial charge in [0.05, 0.1) is 12.6 Å². The van der Waals surface area contributed by atoms with Crippen LogP contribution in [0.4, 0.5) is 5.69 Å². The number of anilines is 1. The lowest BCUT2D eigenvalue weighted by Gasteiger charge is -2.19. The van der Waals surface area contributed by atoms with Crippen molar-refractivity contribution in [3.8, 4) is 0 Å². The average molecular weight is 386 g/mol. The molecular formula is C18H28ClN3O4. The number of hydrogen-bond donors (Lipinski definition) is 4. The van der Waals surface area contributed by atoms with E-state index in [-0.39, 0.29) is 24.9 Å². The summed E-state index contributed by atoms with van der Waals surface area (Å²) in [5.41, 5.74) is 2.62. The largest absolute Gasteiger partial charge is 0.480 e. The summed E-state index contributed by atoms with van der Waals surface area (Å²) >= 11 is 0. The van der Waals surface area contributed by atoms with E-state index in [4.69, 9.17) is 5.11 Å². The first-order chi connectivity index (χ1) is 11.8. The summed E-state index contributed by atoms with van der Waals surface area (Å²) in [5, 5.41) is 17.2. The summed E-state index contributed by atoms with van der Waals surface area (Å²) in [6.45, 7) is 7.06. The third-order valence-electron chi connectivity index (χ3n) is 3.89. The van der Waals surface area contributed by atoms with Gasteiger partial charge in [0.2, 0.25) is 11.8 Å². The van der Waals surface area contributed by atoms with Crippen LogP contribution in [0.2, 0.25) is 0 Å². The molecule has 4 N–H and O–H groups in total. The molecule has 1 rings (SSSR count). The van der Waals surface area contributed by atoms with Crippen molar-refractivity contribution in [3.05, 3.63) is 29.3 Å². The number of carboxylic acid groups (broad SMARTS) is 1. The minimum Gasteiger partial charge on any atom is -0.480 e. The molecule has 0 heterocycles. The molecule has 0 saturated carbocycles. The summed E-state index contributed by atoms with van der Waals surface area (Å²) in [5.74, 6) is -1.74. The molecule has 2 amide bonds. The zero-order chi connectivity index (χ0) is 19.0. The van der Waals surface area contributed by atoms with E-state index in [0.717, 1.165) is 16.8 Å². The number of nitrogens with one attached hydrogen (secondary N) is 3. The molecule has 26 heavy (non-hydrogen) atoms. The molecule has 7 nitrogen and oxygen atoms in total. The number of halogens is 1. The van der Waals surface area contributed by atoms with Crippen LogP contribution in [-0.4, -0.2) is 41.5 Å². The van der Waals surface area contributed by atoms with Crippen molar-refractivity contribution < 1.29 is 19.5 Å². The van der Waals surface area contributed by atoms with Gasteiger partial charge in [-0.3, -0.25) is 19.7 Å². The van der Waals surface area contributed by atoms with E-state index in [1.54, 1.807) is 6.92 Å². The maximum atomic E-state index is 12.0. The van der Waals surface area contributed by atoms with Gasteiger partial charge in [-0.1, -0.05) is 31.5 Å². The maximum Gasteiger partial charge on any atom is 0.320 e. The molecule has 146 valence electrons. The van der Waals surface area contributed by atoms with Crippen molar-refractivity contribution in [1.82, 2.24) is 10.6 Å². The SMILES string of the molecule is CCCC(NC(C)C(=O)NCC(=O)Nc1c(C)cccc1C)C(=O)O.Cl. The Balaban J connectivity index is 0.00000625. The second-order valence-corrected chi connectivity index (χ2v) is 6.10. The molecule has 1 aromatic rings. The van der Waals surface area contributed by atoms with E-state index in [1.165, 1.54) is 0 Å². The van der Waals surface area contributed by atoms with Crippen LogP contribution >= 0.6 is 12.4 Å². The first-order valence-electron chi connectivity index (χ1n) is 8.38. The molecule has 0 saturated heterocycles. The second kappa shape index (κ2) is 11.5. The molecule has 0 bridgehead atoms. The van der Waals surface area contributed by atoms with Crippen LogP contribution in [0.25, 0.3) is 0 Å². The fraction of sp³-hybridized carbons (Fsp3) is 0.500. The molecule has 2 unspecified atom stereocenters. The number of benzene rings is 1. The zero-order valence-electron chi connectivity index (χ0n) is 15.6. The lowest BCUT2D eigenvalue weighted by molar-refractivity contribution is -0.140. The predicted octanol–water partition coefficient (Wildman–Crippen LogP) is 2.01. The van der Waals surface area contributed by atoms with E-state index in [1.807, 2.05) is 39.0 Å². The molecule has 0 spiro atoms. The highest BCUT2D eigenvalue weighted by Gasteiger charge is 2.22. The summed E-state index contributed by atoms with van der Waals surface area (Å²) in [7, 11) is 0. The minimum atomic E-state index is -0.991. The molecule has 1 aromatic carbocycles. The number of carbonyl (C=O) groups is 3. The molecule has 0 aliphatic rings. The second-order valence-electron chi connectivity index (χ2n) is 6.10. The van der Waals surface area contributed by atoms with Crippen LogP contribution in [0.1, 0.15) is 37.8 Å². The number of rotatable bonds is 9. The average Bonchev–Trinajstić information content (AvgIpc) is 2.55. The van der Waals surface area contributed by atoms with Crippen LogP contribution in [-0.2, 0) is 14.4 Å². The van der Waals surface area contributed by atoms with Crippen LogP contribution in [0, 0.1) is 13.8 Å². The molecule has 2 atom stereocenters. The fourth-order valence-corrected chi connectivity index (χ4v) is 2.46. The van der Waals surface area contributed by atoms with Gasteiger partial charge in [-0.15, -0.1) is 12.4 Å². The number of aryl methyl sites for hydroxylation is 2. The Labute approximate surface area is 160 Å². The lowest BCUT2D eigenvalue weighted by Crippen LogP contribution is -2.50. The van der Waals surface area contributed by atoms with E-state index >= 15 is 0 Å². The molecule has 0 radical (unpaired) electrons. The third-order valence-corrected chi connectivity index (χ3v) is 3.89. The highest BCUT2D eigenvalue weighted by molar-refractivity contribution is 5.96.